The lowest BCUT2D eigenvalue weighted by Gasteiger charge is -2.30. The van der Waals surface area contributed by atoms with Crippen molar-refractivity contribution < 1.29 is 9.53 Å². The van der Waals surface area contributed by atoms with Crippen LogP contribution in [-0.2, 0) is 23.6 Å². The zero-order valence-corrected chi connectivity index (χ0v) is 15.5. The van der Waals surface area contributed by atoms with Gasteiger partial charge in [-0.1, -0.05) is 0 Å². The number of rotatable bonds is 2. The number of anilines is 1. The average molecular weight is 361 g/mol. The minimum Gasteiger partial charge on any atom is -0.466 e. The summed E-state index contributed by atoms with van der Waals surface area (Å²) in [5.41, 5.74) is 1.47. The number of hydrogen-bond acceptors (Lipinski definition) is 6. The van der Waals surface area contributed by atoms with E-state index in [9.17, 15) is 14.4 Å². The van der Waals surface area contributed by atoms with Crippen molar-refractivity contribution in [1.82, 2.24) is 9.13 Å². The molecule has 2 aromatic heterocycles. The van der Waals surface area contributed by atoms with Crippen molar-refractivity contribution in [3.8, 4) is 0 Å². The van der Waals surface area contributed by atoms with Gasteiger partial charge in [-0.2, -0.15) is 0 Å². The largest absolute Gasteiger partial charge is 0.466 e. The van der Waals surface area contributed by atoms with Gasteiger partial charge in [0.1, 0.15) is 5.82 Å². The number of fused-ring (bicyclic) bond motifs is 1. The van der Waals surface area contributed by atoms with Crippen LogP contribution in [0.4, 0.5) is 5.82 Å². The summed E-state index contributed by atoms with van der Waals surface area (Å²) in [5, 5.41) is 4.97. The molecule has 2 aromatic rings. The number of ether oxygens (including phenoxy) is 1. The Morgan fingerprint density at radius 3 is 2.48 bits per heavy atom. The van der Waals surface area contributed by atoms with Gasteiger partial charge in [0.25, 0.3) is 5.56 Å². The number of nitrogens with one attached hydrogen (secondary N) is 1. The van der Waals surface area contributed by atoms with Gasteiger partial charge in [0, 0.05) is 24.7 Å². The predicted octanol–water partition coefficient (Wildman–Crippen LogP) is 1.46. The van der Waals surface area contributed by atoms with Gasteiger partial charge in [-0.3, -0.25) is 13.9 Å². The van der Waals surface area contributed by atoms with Crippen LogP contribution in [0, 0.1) is 6.92 Å². The van der Waals surface area contributed by atoms with Crippen LogP contribution in [0.3, 0.4) is 0 Å². The molecule has 0 radical (unpaired) electrons. The summed E-state index contributed by atoms with van der Waals surface area (Å²) in [6.07, 6.45) is 0. The molecule has 0 aromatic carbocycles. The Balaban J connectivity index is 2.44. The molecule has 0 fully saturated rings. The molecular weight excluding hydrogens is 342 g/mol. The van der Waals surface area contributed by atoms with E-state index in [4.69, 9.17) is 4.74 Å². The number of carbonyl (C=O) groups is 1. The molecule has 0 bridgehead atoms. The van der Waals surface area contributed by atoms with Crippen LogP contribution in [0.15, 0.2) is 32.3 Å². The van der Waals surface area contributed by atoms with Gasteiger partial charge >= 0.3 is 11.7 Å². The van der Waals surface area contributed by atoms with E-state index in [2.05, 4.69) is 5.32 Å². The Labute approximate surface area is 148 Å². The topological polar surface area (TPSA) is 82.3 Å². The van der Waals surface area contributed by atoms with Crippen molar-refractivity contribution in [2.45, 2.75) is 19.8 Å². The zero-order valence-electron chi connectivity index (χ0n) is 14.7. The monoisotopic (exact) mass is 361 g/mol. The summed E-state index contributed by atoms with van der Waals surface area (Å²) in [6.45, 7) is 3.68. The molecule has 0 unspecified atom stereocenters. The van der Waals surface area contributed by atoms with Gasteiger partial charge < -0.3 is 10.1 Å². The fraction of sp³-hybridized carbons (Fsp3) is 0.353. The van der Waals surface area contributed by atoms with E-state index in [1.54, 1.807) is 14.0 Å². The molecule has 1 N–H and O–H groups in total. The first kappa shape index (κ1) is 17.2. The molecule has 3 heterocycles. The maximum Gasteiger partial charge on any atom is 0.336 e. The number of aromatic nitrogens is 2. The highest BCUT2D eigenvalue weighted by molar-refractivity contribution is 7.10. The van der Waals surface area contributed by atoms with Gasteiger partial charge in [0.15, 0.2) is 0 Å². The molecule has 0 saturated carbocycles. The number of hydrogen-bond donors (Lipinski definition) is 1. The highest BCUT2D eigenvalue weighted by Gasteiger charge is 2.38. The Hall–Kier alpha value is -2.61. The normalized spacial score (nSPS) is 16.4. The molecule has 1 aliphatic heterocycles. The number of allylic oxidation sites excluding steroid dienone is 1. The molecule has 3 rings (SSSR count). The summed E-state index contributed by atoms with van der Waals surface area (Å²) < 4.78 is 7.41. The third kappa shape index (κ3) is 2.44. The molecule has 25 heavy (non-hydrogen) atoms. The van der Waals surface area contributed by atoms with E-state index in [1.165, 1.54) is 30.1 Å². The molecular formula is C17H19N3O4S. The van der Waals surface area contributed by atoms with Crippen molar-refractivity contribution in [1.29, 1.82) is 0 Å². The minimum absolute atomic E-state index is 0.376. The lowest BCUT2D eigenvalue weighted by atomic mass is 9.85. The van der Waals surface area contributed by atoms with Crippen LogP contribution in [0.5, 0.6) is 0 Å². The SMILES string of the molecule is COC(=O)C1=C(C)Nc2c(c(=O)n(C)c(=O)n2C)[C@@H]1c1sccc1C. The van der Waals surface area contributed by atoms with Gasteiger partial charge in [-0.05, 0) is 30.9 Å². The minimum atomic E-state index is -0.575. The summed E-state index contributed by atoms with van der Waals surface area (Å²) >= 11 is 1.47. The van der Waals surface area contributed by atoms with Gasteiger partial charge in [-0.25, -0.2) is 9.59 Å². The first-order chi connectivity index (χ1) is 11.8. The molecule has 1 atom stereocenters. The van der Waals surface area contributed by atoms with E-state index in [0.717, 1.165) is 15.0 Å². The first-order valence-corrected chi connectivity index (χ1v) is 8.57. The third-order valence-electron chi connectivity index (χ3n) is 4.56. The number of esters is 1. The van der Waals surface area contributed by atoms with E-state index >= 15 is 0 Å². The molecule has 0 saturated heterocycles. The Kier molecular flexibility index (Phi) is 4.16. The van der Waals surface area contributed by atoms with Crippen molar-refractivity contribution in [2.24, 2.45) is 14.1 Å². The van der Waals surface area contributed by atoms with E-state index in [0.29, 0.717) is 22.7 Å². The molecule has 7 nitrogen and oxygen atoms in total. The third-order valence-corrected chi connectivity index (χ3v) is 5.64. The molecule has 1 aliphatic rings. The van der Waals surface area contributed by atoms with Gasteiger partial charge in [-0.15, -0.1) is 11.3 Å². The fourth-order valence-electron chi connectivity index (χ4n) is 3.21. The van der Waals surface area contributed by atoms with Crippen LogP contribution in [0.25, 0.3) is 0 Å². The second kappa shape index (κ2) is 6.03. The van der Waals surface area contributed by atoms with Crippen molar-refractivity contribution >= 4 is 23.1 Å². The number of methoxy groups -OCH3 is 1. The van der Waals surface area contributed by atoms with Gasteiger partial charge in [0.05, 0.1) is 24.2 Å². The quantitative estimate of drug-likeness (QED) is 0.819. The Morgan fingerprint density at radius 1 is 1.24 bits per heavy atom. The maximum absolute atomic E-state index is 12.9. The van der Waals surface area contributed by atoms with Crippen molar-refractivity contribution in [2.75, 3.05) is 12.4 Å². The first-order valence-electron chi connectivity index (χ1n) is 7.69. The highest BCUT2D eigenvalue weighted by Crippen LogP contribution is 2.42. The molecule has 0 amide bonds. The van der Waals surface area contributed by atoms with Crippen molar-refractivity contribution in [3.05, 3.63) is 59.6 Å². The Bertz CT molecular complexity index is 1030. The van der Waals surface area contributed by atoms with Crippen LogP contribution in [0.1, 0.15) is 28.8 Å². The zero-order chi connectivity index (χ0) is 18.5. The lowest BCUT2D eigenvalue weighted by molar-refractivity contribution is -0.136. The van der Waals surface area contributed by atoms with Crippen LogP contribution >= 0.6 is 11.3 Å². The van der Waals surface area contributed by atoms with Crippen LogP contribution in [0.2, 0.25) is 0 Å². The molecule has 0 aliphatic carbocycles. The predicted molar refractivity (Wildman–Crippen MR) is 96.2 cm³/mol. The average Bonchev–Trinajstić information content (AvgIpc) is 3.02. The number of thiophene rings is 1. The molecule has 8 heteroatoms. The van der Waals surface area contributed by atoms with E-state index in [1.807, 2.05) is 18.4 Å². The smallest absolute Gasteiger partial charge is 0.336 e. The maximum atomic E-state index is 12.9. The van der Waals surface area contributed by atoms with Crippen molar-refractivity contribution in [3.63, 3.8) is 0 Å². The van der Waals surface area contributed by atoms with Crippen LogP contribution in [-0.4, -0.2) is 22.2 Å². The lowest BCUT2D eigenvalue weighted by Crippen LogP contribution is -2.43. The van der Waals surface area contributed by atoms with Crippen LogP contribution < -0.4 is 16.6 Å². The molecule has 132 valence electrons. The van der Waals surface area contributed by atoms with E-state index in [-0.39, 0.29) is 0 Å². The second-order valence-electron chi connectivity index (χ2n) is 6.02. The number of nitrogens with zero attached hydrogens (tertiary/aromatic N) is 2. The molecule has 0 spiro atoms. The van der Waals surface area contributed by atoms with E-state index < -0.39 is 23.1 Å². The highest BCUT2D eigenvalue weighted by atomic mass is 32.1. The summed E-state index contributed by atoms with van der Waals surface area (Å²) in [5.74, 6) is -0.658. The fourth-order valence-corrected chi connectivity index (χ4v) is 4.26. The number of carbonyl (C=O) groups excluding carboxylic acids is 1. The summed E-state index contributed by atoms with van der Waals surface area (Å²) in [6, 6.07) is 1.94. The van der Waals surface area contributed by atoms with Gasteiger partial charge in [0.2, 0.25) is 0 Å². The summed E-state index contributed by atoms with van der Waals surface area (Å²) in [4.78, 5) is 38.5. The standard InChI is InChI=1S/C17H19N3O4S/c1-8-6-7-25-13(8)11-10(16(22)24-5)9(2)18-14-12(11)15(21)20(4)17(23)19(14)3/h6-7,11,18H,1-5H3/t11-/m1/s1. The Morgan fingerprint density at radius 2 is 1.92 bits per heavy atom. The summed E-state index contributed by atoms with van der Waals surface area (Å²) in [7, 11) is 4.35. The second-order valence-corrected chi connectivity index (χ2v) is 6.97. The number of aryl methyl sites for hydroxylation is 1.